The van der Waals surface area contributed by atoms with Crippen molar-refractivity contribution in [3.05, 3.63) is 41.2 Å². The van der Waals surface area contributed by atoms with E-state index in [0.29, 0.717) is 29.2 Å². The highest BCUT2D eigenvalue weighted by molar-refractivity contribution is 6.06. The van der Waals surface area contributed by atoms with Crippen LogP contribution >= 0.6 is 0 Å². The number of ether oxygens (including phenoxy) is 1. The number of esters is 1. The van der Waals surface area contributed by atoms with E-state index < -0.39 is 11.9 Å². The zero-order valence-corrected chi connectivity index (χ0v) is 11.8. The summed E-state index contributed by atoms with van der Waals surface area (Å²) in [4.78, 5) is 23.5. The van der Waals surface area contributed by atoms with Crippen molar-refractivity contribution < 1.29 is 14.3 Å². The lowest BCUT2D eigenvalue weighted by atomic mass is 10.2. The Kier molecular flexibility index (Phi) is 4.22. The van der Waals surface area contributed by atoms with Gasteiger partial charge in [-0.15, -0.1) is 0 Å². The van der Waals surface area contributed by atoms with Crippen molar-refractivity contribution in [3.63, 3.8) is 0 Å². The summed E-state index contributed by atoms with van der Waals surface area (Å²) in [5, 5.41) is 9.15. The minimum absolute atomic E-state index is 0.141. The molecule has 0 aliphatic carbocycles. The minimum Gasteiger partial charge on any atom is -0.462 e. The Hall–Kier alpha value is -2.83. The van der Waals surface area contributed by atoms with Crippen molar-refractivity contribution in [3.8, 4) is 0 Å². The zero-order valence-electron chi connectivity index (χ0n) is 11.8. The van der Waals surface area contributed by atoms with E-state index in [1.54, 1.807) is 38.1 Å². The van der Waals surface area contributed by atoms with Gasteiger partial charge in [-0.05, 0) is 38.1 Å². The Morgan fingerprint density at radius 3 is 2.52 bits per heavy atom. The molecule has 21 heavy (non-hydrogen) atoms. The first-order valence-electron chi connectivity index (χ1n) is 6.42. The maximum atomic E-state index is 12.0. The molecule has 0 bridgehead atoms. The molecule has 0 unspecified atom stereocenters. The summed E-state index contributed by atoms with van der Waals surface area (Å²) in [7, 11) is 0. The van der Waals surface area contributed by atoms with Crippen LogP contribution in [0.25, 0.3) is 0 Å². The lowest BCUT2D eigenvalue weighted by Crippen LogP contribution is -2.14. The first kappa shape index (κ1) is 14.6. The average molecular weight is 288 g/mol. The summed E-state index contributed by atoms with van der Waals surface area (Å²) in [6.45, 7) is 3.78. The van der Waals surface area contributed by atoms with E-state index in [1.165, 1.54) is 0 Å². The summed E-state index contributed by atoms with van der Waals surface area (Å²) in [5.41, 5.74) is 7.79. The number of rotatable bonds is 4. The molecule has 0 radical (unpaired) electrons. The van der Waals surface area contributed by atoms with Crippen molar-refractivity contribution in [2.24, 2.45) is 0 Å². The maximum absolute atomic E-state index is 12.0. The Balaban J connectivity index is 2.08. The summed E-state index contributed by atoms with van der Waals surface area (Å²) >= 11 is 0. The molecule has 0 aliphatic heterocycles. The van der Waals surface area contributed by atoms with Crippen molar-refractivity contribution in [1.82, 2.24) is 10.2 Å². The fourth-order valence-corrected chi connectivity index (χ4v) is 1.71. The first-order chi connectivity index (χ1) is 10.0. The molecule has 110 valence electrons. The summed E-state index contributed by atoms with van der Waals surface area (Å²) in [6, 6.07) is 6.37. The second kappa shape index (κ2) is 6.08. The molecule has 0 spiro atoms. The zero-order chi connectivity index (χ0) is 15.4. The van der Waals surface area contributed by atoms with Crippen LogP contribution in [0.4, 0.5) is 11.4 Å². The number of anilines is 2. The van der Waals surface area contributed by atoms with Crippen LogP contribution in [0, 0.1) is 6.92 Å². The van der Waals surface area contributed by atoms with Gasteiger partial charge in [-0.2, -0.15) is 5.10 Å². The van der Waals surface area contributed by atoms with Gasteiger partial charge < -0.3 is 15.8 Å². The fourth-order valence-electron chi connectivity index (χ4n) is 1.71. The smallest absolute Gasteiger partial charge is 0.338 e. The highest BCUT2D eigenvalue weighted by atomic mass is 16.5. The Labute approximate surface area is 121 Å². The van der Waals surface area contributed by atoms with Crippen LogP contribution in [0.15, 0.2) is 24.3 Å². The van der Waals surface area contributed by atoms with Gasteiger partial charge in [0.25, 0.3) is 5.91 Å². The van der Waals surface area contributed by atoms with Crippen LogP contribution in [0.3, 0.4) is 0 Å². The second-order valence-corrected chi connectivity index (χ2v) is 4.36. The molecule has 1 aromatic carbocycles. The average Bonchev–Trinajstić information content (AvgIpc) is 2.80. The molecule has 1 heterocycles. The SMILES string of the molecule is CCOC(=O)c1ccc(NC(=O)c2n[nH]c(C)c2N)cc1. The standard InChI is InChI=1S/C14H16N4O3/c1-3-21-14(20)9-4-6-10(7-5-9)16-13(19)12-11(15)8(2)17-18-12/h4-7H,3,15H2,1-2H3,(H,16,19)(H,17,18). The Morgan fingerprint density at radius 2 is 2.00 bits per heavy atom. The van der Waals surface area contributed by atoms with Crippen LogP contribution in [0.1, 0.15) is 33.5 Å². The third-order valence-corrected chi connectivity index (χ3v) is 2.86. The maximum Gasteiger partial charge on any atom is 0.338 e. The molecule has 2 rings (SSSR count). The molecule has 1 amide bonds. The molecular weight excluding hydrogens is 272 g/mol. The summed E-state index contributed by atoms with van der Waals surface area (Å²) in [5.74, 6) is -0.816. The van der Waals surface area contributed by atoms with Gasteiger partial charge in [-0.25, -0.2) is 4.79 Å². The lowest BCUT2D eigenvalue weighted by molar-refractivity contribution is 0.0526. The number of aromatic amines is 1. The minimum atomic E-state index is -0.416. The van der Waals surface area contributed by atoms with E-state index in [9.17, 15) is 9.59 Å². The number of aromatic nitrogens is 2. The molecule has 1 aromatic heterocycles. The lowest BCUT2D eigenvalue weighted by Gasteiger charge is -2.05. The van der Waals surface area contributed by atoms with E-state index in [1.807, 2.05) is 0 Å². The normalized spacial score (nSPS) is 10.2. The number of nitrogen functional groups attached to an aromatic ring is 1. The van der Waals surface area contributed by atoms with Crippen LogP contribution in [0.5, 0.6) is 0 Å². The van der Waals surface area contributed by atoms with Crippen LogP contribution in [0.2, 0.25) is 0 Å². The van der Waals surface area contributed by atoms with Crippen LogP contribution in [-0.4, -0.2) is 28.7 Å². The molecule has 0 aliphatic rings. The number of H-pyrrole nitrogens is 1. The quantitative estimate of drug-likeness (QED) is 0.742. The van der Waals surface area contributed by atoms with Gasteiger partial charge in [0.1, 0.15) is 0 Å². The van der Waals surface area contributed by atoms with Gasteiger partial charge >= 0.3 is 5.97 Å². The third-order valence-electron chi connectivity index (χ3n) is 2.86. The topological polar surface area (TPSA) is 110 Å². The predicted octanol–water partition coefficient (Wildman–Crippen LogP) is 1.73. The molecular formula is C14H16N4O3. The van der Waals surface area contributed by atoms with Crippen LogP contribution < -0.4 is 11.1 Å². The third kappa shape index (κ3) is 3.19. The summed E-state index contributed by atoms with van der Waals surface area (Å²) in [6.07, 6.45) is 0. The summed E-state index contributed by atoms with van der Waals surface area (Å²) < 4.78 is 4.88. The number of hydrogen-bond donors (Lipinski definition) is 3. The Bertz CT molecular complexity index is 661. The van der Waals surface area contributed by atoms with Crippen LogP contribution in [-0.2, 0) is 4.74 Å². The monoisotopic (exact) mass is 288 g/mol. The van der Waals surface area contributed by atoms with E-state index >= 15 is 0 Å². The highest BCUT2D eigenvalue weighted by Crippen LogP contribution is 2.16. The van der Waals surface area contributed by atoms with Crippen molar-refractivity contribution in [2.75, 3.05) is 17.7 Å². The largest absolute Gasteiger partial charge is 0.462 e. The Morgan fingerprint density at radius 1 is 1.33 bits per heavy atom. The van der Waals surface area contributed by atoms with E-state index in [-0.39, 0.29) is 5.69 Å². The predicted molar refractivity (Wildman–Crippen MR) is 78.1 cm³/mol. The number of carbonyl (C=O) groups excluding carboxylic acids is 2. The number of amides is 1. The first-order valence-corrected chi connectivity index (χ1v) is 6.42. The number of nitrogens with zero attached hydrogens (tertiary/aromatic N) is 1. The molecule has 0 saturated heterocycles. The van der Waals surface area contributed by atoms with E-state index in [4.69, 9.17) is 10.5 Å². The van der Waals surface area contributed by atoms with Crippen molar-refractivity contribution in [2.45, 2.75) is 13.8 Å². The van der Waals surface area contributed by atoms with Gasteiger partial charge in [0.15, 0.2) is 5.69 Å². The molecule has 0 saturated carbocycles. The molecule has 7 nitrogen and oxygen atoms in total. The molecule has 2 aromatic rings. The highest BCUT2D eigenvalue weighted by Gasteiger charge is 2.15. The molecule has 0 fully saturated rings. The van der Waals surface area contributed by atoms with Gasteiger partial charge in [-0.1, -0.05) is 0 Å². The number of aryl methyl sites for hydroxylation is 1. The van der Waals surface area contributed by atoms with Crippen molar-refractivity contribution >= 4 is 23.3 Å². The second-order valence-electron chi connectivity index (χ2n) is 4.36. The number of nitrogens with one attached hydrogen (secondary N) is 2. The molecule has 4 N–H and O–H groups in total. The van der Waals surface area contributed by atoms with Gasteiger partial charge in [0, 0.05) is 5.69 Å². The van der Waals surface area contributed by atoms with E-state index in [2.05, 4.69) is 15.5 Å². The molecule has 7 heteroatoms. The number of carbonyl (C=O) groups is 2. The fraction of sp³-hybridized carbons (Fsp3) is 0.214. The van der Waals surface area contributed by atoms with Crippen molar-refractivity contribution in [1.29, 1.82) is 0 Å². The number of nitrogens with two attached hydrogens (primary N) is 1. The van der Waals surface area contributed by atoms with Gasteiger partial charge in [-0.3, -0.25) is 9.89 Å². The van der Waals surface area contributed by atoms with Gasteiger partial charge in [0.05, 0.1) is 23.6 Å². The molecule has 0 atom stereocenters. The number of benzene rings is 1. The van der Waals surface area contributed by atoms with E-state index in [0.717, 1.165) is 0 Å². The number of hydrogen-bond acceptors (Lipinski definition) is 5. The van der Waals surface area contributed by atoms with Gasteiger partial charge in [0.2, 0.25) is 0 Å².